The zero-order valence-corrected chi connectivity index (χ0v) is 60.2. The molecule has 0 aliphatic carbocycles. The van der Waals surface area contributed by atoms with Crippen molar-refractivity contribution in [3.63, 3.8) is 0 Å². The summed E-state index contributed by atoms with van der Waals surface area (Å²) in [4.78, 5) is 18.8. The van der Waals surface area contributed by atoms with Gasteiger partial charge in [-0.25, -0.2) is 0 Å². The highest BCUT2D eigenvalue weighted by Crippen LogP contribution is 2.31. The standard InChI is InChI=1S/C38H28N8O6S2.C14H10N2O7S.C12H11N3.4O3S/c47-53(48,49)37-24-22-35(23-25-37)44-43-33-16-14-32(15-17-33)42-40-30-11-7-27(8-12-30)6-9-28-10-13-36(26-38(28)54(50,51)52)46-45-34-20-18-31(19-21-34)41-39-29-4-2-1-3-5-29;17-15(18)12-6-2-10(3-7-12)1-4-11-5-8-13(16(19)20)9-14(11)24(21,22)23;13-10-6-8-12(9-7-10)15-14-11-4-2-1-3-5-11;4*1-4(2)3/h1-26H,(H,47,48,49)(H,50,51,52);1-9H,(H,21,22,23);1-9H,13H2;;;;. The second-order valence-corrected chi connectivity index (χ2v) is 25.7. The molecule has 0 aliphatic heterocycles. The lowest BCUT2D eigenvalue weighted by Crippen LogP contribution is -2.02. The van der Waals surface area contributed by atoms with Crippen LogP contribution in [-0.4, -0.2) is 99.3 Å². The van der Waals surface area contributed by atoms with Crippen LogP contribution < -0.4 is 5.73 Å². The summed E-state index contributed by atoms with van der Waals surface area (Å²) < 4.78 is 199. The van der Waals surface area contributed by atoms with E-state index < -0.39 is 93.2 Å². The van der Waals surface area contributed by atoms with Gasteiger partial charge in [0.2, 0.25) is 0 Å². The molecule has 0 unspecified atom stereocenters. The zero-order valence-electron chi connectivity index (χ0n) is 54.5. The van der Waals surface area contributed by atoms with E-state index in [0.29, 0.717) is 39.7 Å². The lowest BCUT2D eigenvalue weighted by Gasteiger charge is -2.04. The Morgan fingerprint density at radius 2 is 0.532 bits per heavy atom. The number of nitrogen functional groups attached to an aromatic ring is 1. The molecule has 0 aromatic heterocycles. The van der Waals surface area contributed by atoms with Crippen LogP contribution in [0.15, 0.2) is 308 Å². The van der Waals surface area contributed by atoms with Crippen LogP contribution in [0.25, 0.3) is 24.3 Å². The normalized spacial score (nSPS) is 11.1. The van der Waals surface area contributed by atoms with Crippen molar-refractivity contribution < 1.29 is 99.3 Å². The number of hydrogen-bond donors (Lipinski definition) is 4. The van der Waals surface area contributed by atoms with Crippen LogP contribution >= 0.6 is 0 Å². The predicted molar refractivity (Wildman–Crippen MR) is 389 cm³/mol. The Labute approximate surface area is 623 Å². The average Bonchev–Trinajstić information content (AvgIpc) is 0.819. The van der Waals surface area contributed by atoms with Crippen LogP contribution in [0.3, 0.4) is 0 Å². The van der Waals surface area contributed by atoms with Gasteiger partial charge in [0.05, 0.1) is 71.6 Å². The lowest BCUT2D eigenvalue weighted by atomic mass is 10.1. The van der Waals surface area contributed by atoms with Crippen molar-refractivity contribution >= 4 is 171 Å². The zero-order chi connectivity index (χ0) is 80.7. The number of rotatable bonds is 19. The maximum absolute atomic E-state index is 12.2. The van der Waals surface area contributed by atoms with Gasteiger partial charge in [0.25, 0.3) is 41.7 Å². The summed E-state index contributed by atoms with van der Waals surface area (Å²) in [7, 11) is -26.0. The molecule has 0 spiro atoms. The van der Waals surface area contributed by atoms with Crippen molar-refractivity contribution in [2.24, 2.45) is 51.1 Å². The molecule has 562 valence electrons. The van der Waals surface area contributed by atoms with Crippen molar-refractivity contribution in [3.8, 4) is 0 Å². The molecule has 0 saturated carbocycles. The maximum atomic E-state index is 12.2. The van der Waals surface area contributed by atoms with Gasteiger partial charge in [-0.05, 0) is 186 Å². The van der Waals surface area contributed by atoms with Crippen LogP contribution in [0.1, 0.15) is 22.3 Å². The number of nitro groups is 2. The fourth-order valence-electron chi connectivity index (χ4n) is 7.64. The molecule has 0 atom stereocenters. The fourth-order valence-corrected chi connectivity index (χ4v) is 9.53. The van der Waals surface area contributed by atoms with E-state index in [-0.39, 0.29) is 32.3 Å². The van der Waals surface area contributed by atoms with E-state index in [1.165, 1.54) is 78.9 Å². The molecule has 5 N–H and O–H groups in total. The van der Waals surface area contributed by atoms with Gasteiger partial charge >= 0.3 is 42.4 Å². The van der Waals surface area contributed by atoms with Crippen molar-refractivity contribution in [2.45, 2.75) is 14.7 Å². The number of azo groups is 5. The summed E-state index contributed by atoms with van der Waals surface area (Å²) in [6, 6.07) is 65.1. The van der Waals surface area contributed by atoms with Gasteiger partial charge in [-0.1, -0.05) is 78.9 Å². The minimum absolute atomic E-state index is 0.0430. The molecule has 0 bridgehead atoms. The van der Waals surface area contributed by atoms with E-state index in [1.54, 1.807) is 103 Å². The molecule has 10 aromatic carbocycles. The third kappa shape index (κ3) is 36.2. The summed E-state index contributed by atoms with van der Waals surface area (Å²) in [5.74, 6) is 0. The van der Waals surface area contributed by atoms with Crippen molar-refractivity contribution in [3.05, 3.63) is 285 Å². The number of nitrogens with zero attached hydrogens (tertiary/aromatic N) is 12. The van der Waals surface area contributed by atoms with Crippen LogP contribution in [0.5, 0.6) is 0 Å². The molecule has 0 fully saturated rings. The third-order valence-electron chi connectivity index (χ3n) is 12.3. The predicted octanol–water partition coefficient (Wildman–Crippen LogP) is 14.6. The average molecular weight is 1620 g/mol. The Kier molecular flexibility index (Phi) is 35.7. The highest BCUT2D eigenvalue weighted by atomic mass is 32.2. The molecular formula is C64H49N13O25S7. The monoisotopic (exact) mass is 1620 g/mol. The Hall–Kier alpha value is -13.5. The SMILES string of the molecule is Nc1ccc(N=Nc2ccccc2)cc1.O=S(=O)(O)c1ccc(N=Nc2ccc(N=Nc3ccc(C=Cc4ccc(N=Nc5ccc(N=Nc6ccccc6)cc5)cc4S(=O)(=O)O)cc3)cc2)cc1.O=S(=O)=O.O=S(=O)=O.O=S(=O)=O.O=S(=O)=O.O=[N+]([O-])c1ccc(C=Cc2ccc([N+](=O)[O-])cc2S(=O)(=O)O)cc1. The number of nitro benzene ring substituents is 2. The Morgan fingerprint density at radius 3 is 0.835 bits per heavy atom. The second kappa shape index (κ2) is 44.3. The van der Waals surface area contributed by atoms with Gasteiger partial charge in [0.15, 0.2) is 0 Å². The molecule has 0 heterocycles. The van der Waals surface area contributed by atoms with E-state index in [4.69, 9.17) is 60.8 Å². The van der Waals surface area contributed by atoms with Crippen LogP contribution in [0, 0.1) is 20.2 Å². The number of hydrogen-bond acceptors (Lipinski definition) is 33. The van der Waals surface area contributed by atoms with Gasteiger partial charge in [-0.2, -0.15) is 76.4 Å². The Balaban J connectivity index is 0.000000370. The Morgan fingerprint density at radius 1 is 0.294 bits per heavy atom. The molecule has 109 heavy (non-hydrogen) atoms. The first-order chi connectivity index (χ1) is 51.4. The van der Waals surface area contributed by atoms with E-state index in [2.05, 4.69) is 51.1 Å². The molecule has 10 aromatic rings. The topological polar surface area (TPSA) is 604 Å². The molecule has 38 nitrogen and oxygen atoms in total. The number of non-ortho nitro benzene ring substituents is 2. The van der Waals surface area contributed by atoms with E-state index in [9.17, 15) is 54.6 Å². The van der Waals surface area contributed by atoms with Crippen LogP contribution in [-0.2, 0) is 72.8 Å². The van der Waals surface area contributed by atoms with Gasteiger partial charge in [0.1, 0.15) is 9.79 Å². The number of anilines is 1. The first-order valence-corrected chi connectivity index (χ1v) is 37.2. The molecule has 0 saturated heterocycles. The van der Waals surface area contributed by atoms with Gasteiger partial charge in [-0.3, -0.25) is 33.9 Å². The Bertz CT molecular complexity index is 5750. The lowest BCUT2D eigenvalue weighted by molar-refractivity contribution is -0.385. The quantitative estimate of drug-likeness (QED) is 0.0146. The van der Waals surface area contributed by atoms with E-state index in [0.717, 1.165) is 40.4 Å². The molecule has 10 rings (SSSR count). The summed E-state index contributed by atoms with van der Waals surface area (Å²) in [5, 5.41) is 62.8. The first-order valence-electron chi connectivity index (χ1n) is 28.9. The van der Waals surface area contributed by atoms with Gasteiger partial charge < -0.3 is 5.73 Å². The van der Waals surface area contributed by atoms with E-state index >= 15 is 0 Å². The van der Waals surface area contributed by atoms with Gasteiger partial charge in [0, 0.05) is 30.0 Å². The van der Waals surface area contributed by atoms with Crippen molar-refractivity contribution in [1.29, 1.82) is 0 Å². The minimum atomic E-state index is -4.66. The highest BCUT2D eigenvalue weighted by Gasteiger charge is 2.19. The maximum Gasteiger partial charge on any atom is 0.425 e. The summed E-state index contributed by atoms with van der Waals surface area (Å²) in [5.41, 5.74) is 13.1. The largest absolute Gasteiger partial charge is 0.425 e. The first kappa shape index (κ1) is 87.9. The summed E-state index contributed by atoms with van der Waals surface area (Å²) >= 11 is 0. The molecule has 0 amide bonds. The summed E-state index contributed by atoms with van der Waals surface area (Å²) in [6.45, 7) is 0. The van der Waals surface area contributed by atoms with Crippen LogP contribution in [0.4, 0.5) is 73.9 Å². The fraction of sp³-hybridized carbons (Fsp3) is 0. The van der Waals surface area contributed by atoms with Crippen molar-refractivity contribution in [1.82, 2.24) is 0 Å². The molecule has 0 radical (unpaired) electrons. The second-order valence-electron chi connectivity index (χ2n) is 19.8. The molecule has 45 heteroatoms. The third-order valence-corrected chi connectivity index (χ3v) is 15.0. The highest BCUT2D eigenvalue weighted by molar-refractivity contribution is 7.86. The number of benzene rings is 10. The van der Waals surface area contributed by atoms with Crippen LogP contribution in [0.2, 0.25) is 0 Å². The summed E-state index contributed by atoms with van der Waals surface area (Å²) in [6.07, 6.45) is 6.04. The molecule has 0 aliphatic rings. The smallest absolute Gasteiger partial charge is 0.399 e. The van der Waals surface area contributed by atoms with Crippen molar-refractivity contribution in [2.75, 3.05) is 5.73 Å². The van der Waals surface area contributed by atoms with Gasteiger partial charge in [-0.15, -0.1) is 50.5 Å². The molecular weight excluding hydrogens is 1580 g/mol. The van der Waals surface area contributed by atoms with E-state index in [1.807, 2.05) is 72.8 Å². The number of nitrogens with two attached hydrogens (primary N) is 1. The minimum Gasteiger partial charge on any atom is -0.399 e.